The topological polar surface area (TPSA) is 18.5 Å². The van der Waals surface area contributed by atoms with Gasteiger partial charge in [0, 0.05) is 6.61 Å². The zero-order chi connectivity index (χ0) is 18.9. The number of hydrogen-bond donors (Lipinski definition) is 0. The summed E-state index contributed by atoms with van der Waals surface area (Å²) in [6.45, 7) is 8.55. The van der Waals surface area contributed by atoms with Crippen LogP contribution in [-0.2, 0) is 9.47 Å². The quantitative estimate of drug-likeness (QED) is 0.374. The second-order valence-electron chi connectivity index (χ2n) is 8.36. The van der Waals surface area contributed by atoms with E-state index >= 15 is 0 Å². The molecule has 2 nitrogen and oxygen atoms in total. The Labute approximate surface area is 165 Å². The van der Waals surface area contributed by atoms with Gasteiger partial charge < -0.3 is 9.47 Å². The number of aryl methyl sites for hydroxylation is 1. The highest BCUT2D eigenvalue weighted by Gasteiger charge is 2.23. The third-order valence-electron chi connectivity index (χ3n) is 6.12. The highest BCUT2D eigenvalue weighted by molar-refractivity contribution is 5.66. The van der Waals surface area contributed by atoms with Crippen molar-refractivity contribution in [3.05, 3.63) is 54.1 Å². The highest BCUT2D eigenvalue weighted by Crippen LogP contribution is 2.32. The molecular weight excluding hydrogens is 332 g/mol. The maximum atomic E-state index is 6.29. The van der Waals surface area contributed by atoms with E-state index in [2.05, 4.69) is 43.8 Å². The molecule has 2 aliphatic rings. The van der Waals surface area contributed by atoms with Crippen molar-refractivity contribution >= 4 is 5.57 Å². The second-order valence-corrected chi connectivity index (χ2v) is 8.36. The van der Waals surface area contributed by atoms with Crippen molar-refractivity contribution in [2.24, 2.45) is 11.8 Å². The van der Waals surface area contributed by atoms with E-state index in [0.29, 0.717) is 12.0 Å². The van der Waals surface area contributed by atoms with Gasteiger partial charge in [-0.3, -0.25) is 0 Å². The summed E-state index contributed by atoms with van der Waals surface area (Å²) in [5.41, 5.74) is 4.25. The molecule has 148 valence electrons. The van der Waals surface area contributed by atoms with Crippen molar-refractivity contribution < 1.29 is 9.47 Å². The minimum Gasteiger partial charge on any atom is -0.381 e. The summed E-state index contributed by atoms with van der Waals surface area (Å²) in [5, 5.41) is 0. The standard InChI is InChI=1S/C25H36O2/c1-3-4-17-26-18-21-9-15-25(16-10-21)27-19-22-7-13-24(14-8-22)23-11-5-20(2)6-12-23/h3,5-6,11-13,21-22,25H,1,4,7-10,14-19H2,2H3. The van der Waals surface area contributed by atoms with E-state index in [1.54, 1.807) is 0 Å². The molecule has 0 spiro atoms. The van der Waals surface area contributed by atoms with Crippen molar-refractivity contribution in [2.75, 3.05) is 19.8 Å². The van der Waals surface area contributed by atoms with Gasteiger partial charge in [0.25, 0.3) is 0 Å². The summed E-state index contributed by atoms with van der Waals surface area (Å²) in [6, 6.07) is 8.95. The van der Waals surface area contributed by atoms with Gasteiger partial charge in [-0.15, -0.1) is 6.58 Å². The van der Waals surface area contributed by atoms with Crippen LogP contribution in [0, 0.1) is 18.8 Å². The molecule has 1 fully saturated rings. The number of ether oxygens (including phenoxy) is 2. The molecule has 2 aliphatic carbocycles. The molecule has 0 amide bonds. The van der Waals surface area contributed by atoms with Gasteiger partial charge in [0.1, 0.15) is 0 Å². The fourth-order valence-corrected chi connectivity index (χ4v) is 4.22. The molecule has 0 radical (unpaired) electrons. The van der Waals surface area contributed by atoms with E-state index in [4.69, 9.17) is 9.47 Å². The van der Waals surface area contributed by atoms with E-state index < -0.39 is 0 Å². The molecule has 0 aromatic heterocycles. The van der Waals surface area contributed by atoms with Crippen LogP contribution in [0.15, 0.2) is 43.0 Å². The van der Waals surface area contributed by atoms with Crippen LogP contribution in [0.4, 0.5) is 0 Å². The van der Waals surface area contributed by atoms with Gasteiger partial charge in [-0.2, -0.15) is 0 Å². The van der Waals surface area contributed by atoms with Crippen molar-refractivity contribution in [1.29, 1.82) is 0 Å². The van der Waals surface area contributed by atoms with Crippen LogP contribution < -0.4 is 0 Å². The Morgan fingerprint density at radius 3 is 2.44 bits per heavy atom. The Kier molecular flexibility index (Phi) is 8.16. The fourth-order valence-electron chi connectivity index (χ4n) is 4.22. The monoisotopic (exact) mass is 368 g/mol. The molecule has 0 saturated heterocycles. The Bertz CT molecular complexity index is 593. The maximum Gasteiger partial charge on any atom is 0.0575 e. The third kappa shape index (κ3) is 6.62. The lowest BCUT2D eigenvalue weighted by molar-refractivity contribution is -0.0128. The van der Waals surface area contributed by atoms with Gasteiger partial charge in [0.2, 0.25) is 0 Å². The second kappa shape index (κ2) is 10.8. The Hall–Kier alpha value is -1.38. The summed E-state index contributed by atoms with van der Waals surface area (Å²) in [4.78, 5) is 0. The van der Waals surface area contributed by atoms with Crippen LogP contribution in [0.5, 0.6) is 0 Å². The molecule has 1 saturated carbocycles. The predicted octanol–water partition coefficient (Wildman–Crippen LogP) is 6.35. The molecule has 1 atom stereocenters. The third-order valence-corrected chi connectivity index (χ3v) is 6.12. The summed E-state index contributed by atoms with van der Waals surface area (Å²) in [5.74, 6) is 1.42. The summed E-state index contributed by atoms with van der Waals surface area (Å²) in [6.07, 6.45) is 14.3. The van der Waals surface area contributed by atoms with Crippen LogP contribution in [0.25, 0.3) is 5.57 Å². The molecule has 2 heteroatoms. The predicted molar refractivity (Wildman–Crippen MR) is 114 cm³/mol. The van der Waals surface area contributed by atoms with E-state index in [-0.39, 0.29) is 0 Å². The van der Waals surface area contributed by atoms with Gasteiger partial charge in [0.15, 0.2) is 0 Å². The van der Waals surface area contributed by atoms with Gasteiger partial charge in [-0.25, -0.2) is 0 Å². The Morgan fingerprint density at radius 1 is 1.00 bits per heavy atom. The number of allylic oxidation sites excluding steroid dienone is 2. The minimum atomic E-state index is 0.469. The molecule has 1 aromatic rings. The number of rotatable bonds is 9. The molecule has 0 N–H and O–H groups in total. The number of benzene rings is 1. The van der Waals surface area contributed by atoms with Crippen molar-refractivity contribution in [2.45, 2.75) is 64.4 Å². The average molecular weight is 369 g/mol. The summed E-state index contributed by atoms with van der Waals surface area (Å²) < 4.78 is 12.0. The first-order valence-electron chi connectivity index (χ1n) is 10.8. The Morgan fingerprint density at radius 2 is 1.78 bits per heavy atom. The normalized spacial score (nSPS) is 25.8. The van der Waals surface area contributed by atoms with Crippen LogP contribution in [0.3, 0.4) is 0 Å². The van der Waals surface area contributed by atoms with Crippen LogP contribution in [-0.4, -0.2) is 25.9 Å². The smallest absolute Gasteiger partial charge is 0.0575 e. The molecule has 0 aliphatic heterocycles. The van der Waals surface area contributed by atoms with Crippen LogP contribution in [0.1, 0.15) is 62.5 Å². The lowest BCUT2D eigenvalue weighted by Gasteiger charge is -2.30. The number of hydrogen-bond acceptors (Lipinski definition) is 2. The molecule has 0 bridgehead atoms. The van der Waals surface area contributed by atoms with Crippen molar-refractivity contribution in [1.82, 2.24) is 0 Å². The molecule has 0 heterocycles. The first kappa shape index (κ1) is 20.4. The van der Waals surface area contributed by atoms with E-state index in [1.807, 2.05) is 6.08 Å². The first-order valence-corrected chi connectivity index (χ1v) is 10.8. The van der Waals surface area contributed by atoms with Crippen molar-refractivity contribution in [3.63, 3.8) is 0 Å². The first-order chi connectivity index (χ1) is 13.2. The lowest BCUT2D eigenvalue weighted by Crippen LogP contribution is -2.26. The zero-order valence-electron chi connectivity index (χ0n) is 17.0. The van der Waals surface area contributed by atoms with E-state index in [9.17, 15) is 0 Å². The molecule has 3 rings (SSSR count). The highest BCUT2D eigenvalue weighted by atomic mass is 16.5. The fraction of sp³-hybridized carbons (Fsp3) is 0.600. The van der Waals surface area contributed by atoms with Gasteiger partial charge in [0.05, 0.1) is 19.3 Å². The van der Waals surface area contributed by atoms with Crippen LogP contribution in [0.2, 0.25) is 0 Å². The molecule has 1 unspecified atom stereocenters. The van der Waals surface area contributed by atoms with Gasteiger partial charge >= 0.3 is 0 Å². The van der Waals surface area contributed by atoms with Crippen LogP contribution >= 0.6 is 0 Å². The SMILES string of the molecule is C=CCCOCC1CCC(OCC2CC=C(c3ccc(C)cc3)CC2)CC1. The van der Waals surface area contributed by atoms with Gasteiger partial charge in [-0.05, 0) is 81.3 Å². The summed E-state index contributed by atoms with van der Waals surface area (Å²) >= 11 is 0. The summed E-state index contributed by atoms with van der Waals surface area (Å²) in [7, 11) is 0. The molecular formula is C25H36O2. The zero-order valence-corrected chi connectivity index (χ0v) is 17.0. The Balaban J connectivity index is 1.32. The molecule has 27 heavy (non-hydrogen) atoms. The minimum absolute atomic E-state index is 0.469. The lowest BCUT2D eigenvalue weighted by atomic mass is 9.86. The molecule has 1 aromatic carbocycles. The van der Waals surface area contributed by atoms with Crippen molar-refractivity contribution in [3.8, 4) is 0 Å². The van der Waals surface area contributed by atoms with E-state index in [0.717, 1.165) is 38.6 Å². The van der Waals surface area contributed by atoms with E-state index in [1.165, 1.54) is 55.2 Å². The largest absolute Gasteiger partial charge is 0.381 e. The van der Waals surface area contributed by atoms with Gasteiger partial charge in [-0.1, -0.05) is 42.0 Å². The average Bonchev–Trinajstić information content (AvgIpc) is 2.72. The maximum absolute atomic E-state index is 6.29.